The summed E-state index contributed by atoms with van der Waals surface area (Å²) in [4.78, 5) is 0.283. The fraction of sp³-hybridized carbons (Fsp3) is 0.647. The average Bonchev–Trinajstić information content (AvgIpc) is 2.84. The normalized spacial score (nSPS) is 27.4. The van der Waals surface area contributed by atoms with Crippen LogP contribution < -0.4 is 10.1 Å². The Morgan fingerprint density at radius 2 is 1.78 bits per heavy atom. The number of methoxy groups -OCH3 is 1. The van der Waals surface area contributed by atoms with E-state index < -0.39 is 10.0 Å². The van der Waals surface area contributed by atoms with E-state index in [9.17, 15) is 8.42 Å². The van der Waals surface area contributed by atoms with Crippen LogP contribution >= 0.6 is 0 Å². The molecule has 0 aromatic heterocycles. The second-order valence-corrected chi connectivity index (χ2v) is 8.86. The van der Waals surface area contributed by atoms with Crippen LogP contribution in [0.25, 0.3) is 0 Å². The molecular weight excluding hydrogens is 312 g/mol. The van der Waals surface area contributed by atoms with Crippen LogP contribution in [0.4, 0.5) is 0 Å². The van der Waals surface area contributed by atoms with E-state index in [1.165, 1.54) is 7.11 Å². The van der Waals surface area contributed by atoms with Gasteiger partial charge in [0.1, 0.15) is 10.6 Å². The molecule has 0 amide bonds. The zero-order valence-corrected chi connectivity index (χ0v) is 15.1. The van der Waals surface area contributed by atoms with E-state index in [4.69, 9.17) is 4.74 Å². The van der Waals surface area contributed by atoms with Crippen molar-refractivity contribution in [1.82, 2.24) is 9.62 Å². The fourth-order valence-electron chi connectivity index (χ4n) is 4.04. The van der Waals surface area contributed by atoms with Crippen molar-refractivity contribution in [1.29, 1.82) is 0 Å². The van der Waals surface area contributed by atoms with E-state index in [0.29, 0.717) is 17.8 Å². The SMILES string of the molecule is COc1c(C)cc(C)cc1S(=O)(=O)N(C)C1CC2CCC(C1)N2. The van der Waals surface area contributed by atoms with Crippen LogP contribution in [0.15, 0.2) is 17.0 Å². The molecule has 1 aromatic rings. The summed E-state index contributed by atoms with van der Waals surface area (Å²) in [6, 6.07) is 4.63. The molecule has 2 fully saturated rings. The van der Waals surface area contributed by atoms with Crippen LogP contribution in [-0.2, 0) is 10.0 Å². The smallest absolute Gasteiger partial charge is 0.246 e. The lowest BCUT2D eigenvalue weighted by Gasteiger charge is -2.35. The number of nitrogens with one attached hydrogen (secondary N) is 1. The van der Waals surface area contributed by atoms with Crippen LogP contribution in [0.5, 0.6) is 5.75 Å². The van der Waals surface area contributed by atoms with Gasteiger partial charge in [0.15, 0.2) is 0 Å². The van der Waals surface area contributed by atoms with Crippen molar-refractivity contribution in [2.75, 3.05) is 14.2 Å². The topological polar surface area (TPSA) is 58.6 Å². The van der Waals surface area contributed by atoms with Crippen molar-refractivity contribution in [3.63, 3.8) is 0 Å². The molecule has 2 aliphatic heterocycles. The highest BCUT2D eigenvalue weighted by molar-refractivity contribution is 7.89. The predicted octanol–water partition coefficient (Wildman–Crippen LogP) is 2.22. The number of hydrogen-bond acceptors (Lipinski definition) is 4. The van der Waals surface area contributed by atoms with Gasteiger partial charge in [0.05, 0.1) is 7.11 Å². The number of rotatable bonds is 4. The summed E-state index contributed by atoms with van der Waals surface area (Å²) in [6.07, 6.45) is 4.09. The van der Waals surface area contributed by atoms with E-state index >= 15 is 0 Å². The van der Waals surface area contributed by atoms with Gasteiger partial charge in [-0.05, 0) is 56.7 Å². The first-order valence-electron chi connectivity index (χ1n) is 8.22. The number of nitrogens with zero attached hydrogens (tertiary/aromatic N) is 1. The van der Waals surface area contributed by atoms with Crippen LogP contribution in [0.2, 0.25) is 0 Å². The predicted molar refractivity (Wildman–Crippen MR) is 90.4 cm³/mol. The number of hydrogen-bond donors (Lipinski definition) is 1. The standard InChI is InChI=1S/C17H26N2O3S/c1-11-7-12(2)17(22-4)16(8-11)23(20,21)19(3)15-9-13-5-6-14(10-15)18-13/h7-8,13-15,18H,5-6,9-10H2,1-4H3. The van der Waals surface area contributed by atoms with Gasteiger partial charge in [0.25, 0.3) is 0 Å². The van der Waals surface area contributed by atoms with Crippen LogP contribution in [-0.4, -0.2) is 45.0 Å². The molecule has 2 saturated heterocycles. The van der Waals surface area contributed by atoms with Gasteiger partial charge >= 0.3 is 0 Å². The molecule has 2 atom stereocenters. The van der Waals surface area contributed by atoms with Crippen molar-refractivity contribution < 1.29 is 13.2 Å². The third-order valence-corrected chi connectivity index (χ3v) is 7.12. The molecule has 128 valence electrons. The molecule has 23 heavy (non-hydrogen) atoms. The van der Waals surface area contributed by atoms with Crippen LogP contribution in [0.1, 0.15) is 36.8 Å². The Labute approximate surface area is 139 Å². The number of benzene rings is 1. The molecule has 6 heteroatoms. The van der Waals surface area contributed by atoms with Gasteiger partial charge in [-0.25, -0.2) is 8.42 Å². The number of piperidine rings is 1. The van der Waals surface area contributed by atoms with Crippen molar-refractivity contribution in [2.24, 2.45) is 0 Å². The van der Waals surface area contributed by atoms with Gasteiger partial charge in [-0.2, -0.15) is 4.31 Å². The van der Waals surface area contributed by atoms with E-state index in [0.717, 1.165) is 36.8 Å². The Hall–Kier alpha value is -1.11. The summed E-state index contributed by atoms with van der Waals surface area (Å²) in [7, 11) is -0.325. The zero-order valence-electron chi connectivity index (χ0n) is 14.3. The van der Waals surface area contributed by atoms with E-state index in [2.05, 4.69) is 5.32 Å². The summed E-state index contributed by atoms with van der Waals surface area (Å²) < 4.78 is 33.3. The monoisotopic (exact) mass is 338 g/mol. The van der Waals surface area contributed by atoms with Gasteiger partial charge in [-0.1, -0.05) is 6.07 Å². The summed E-state index contributed by atoms with van der Waals surface area (Å²) in [5, 5.41) is 3.56. The Morgan fingerprint density at radius 1 is 1.17 bits per heavy atom. The highest BCUT2D eigenvalue weighted by Crippen LogP contribution is 2.35. The third kappa shape index (κ3) is 2.99. The third-order valence-electron chi connectivity index (χ3n) is 5.21. The van der Waals surface area contributed by atoms with Gasteiger partial charge in [-0.15, -0.1) is 0 Å². The molecule has 2 heterocycles. The Morgan fingerprint density at radius 3 is 2.35 bits per heavy atom. The highest BCUT2D eigenvalue weighted by Gasteiger charge is 2.39. The number of sulfonamides is 1. The lowest BCUT2D eigenvalue weighted by Crippen LogP contribution is -2.48. The maximum atomic E-state index is 13.2. The summed E-state index contributed by atoms with van der Waals surface area (Å²) >= 11 is 0. The van der Waals surface area contributed by atoms with Gasteiger partial charge in [-0.3, -0.25) is 0 Å². The maximum Gasteiger partial charge on any atom is 0.246 e. The number of ether oxygens (including phenoxy) is 1. The lowest BCUT2D eigenvalue weighted by molar-refractivity contribution is 0.251. The van der Waals surface area contributed by atoms with E-state index in [1.54, 1.807) is 17.4 Å². The molecule has 1 N–H and O–H groups in total. The Bertz CT molecular complexity index is 690. The molecule has 5 nitrogen and oxygen atoms in total. The molecule has 2 bridgehead atoms. The van der Waals surface area contributed by atoms with Gasteiger partial charge < -0.3 is 10.1 Å². The molecule has 2 unspecified atom stereocenters. The summed E-state index contributed by atoms with van der Waals surface area (Å²) in [5.41, 5.74) is 1.78. The fourth-order valence-corrected chi connectivity index (χ4v) is 5.73. The van der Waals surface area contributed by atoms with Crippen LogP contribution in [0.3, 0.4) is 0 Å². The van der Waals surface area contributed by atoms with Crippen molar-refractivity contribution in [2.45, 2.75) is 62.6 Å². The Kier molecular flexibility index (Phi) is 4.42. The zero-order chi connectivity index (χ0) is 16.8. The van der Waals surface area contributed by atoms with Crippen molar-refractivity contribution >= 4 is 10.0 Å². The average molecular weight is 338 g/mol. The van der Waals surface area contributed by atoms with Crippen molar-refractivity contribution in [3.05, 3.63) is 23.3 Å². The molecule has 3 rings (SSSR count). The second kappa shape index (κ2) is 6.07. The molecule has 0 aliphatic carbocycles. The first kappa shape index (κ1) is 16.7. The van der Waals surface area contributed by atoms with Crippen LogP contribution in [0, 0.1) is 13.8 Å². The second-order valence-electron chi connectivity index (χ2n) is 6.90. The molecule has 2 aliphatic rings. The number of aryl methyl sites for hydroxylation is 2. The maximum absolute atomic E-state index is 13.2. The minimum Gasteiger partial charge on any atom is -0.495 e. The first-order valence-corrected chi connectivity index (χ1v) is 9.66. The highest BCUT2D eigenvalue weighted by atomic mass is 32.2. The molecular formula is C17H26N2O3S. The lowest BCUT2D eigenvalue weighted by atomic mass is 10.0. The summed E-state index contributed by atoms with van der Waals surface area (Å²) in [6.45, 7) is 3.80. The number of fused-ring (bicyclic) bond motifs is 2. The molecule has 0 saturated carbocycles. The Balaban J connectivity index is 1.95. The van der Waals surface area contributed by atoms with Gasteiger partial charge in [0.2, 0.25) is 10.0 Å². The first-order chi connectivity index (χ1) is 10.8. The van der Waals surface area contributed by atoms with E-state index in [1.807, 2.05) is 19.9 Å². The summed E-state index contributed by atoms with van der Waals surface area (Å²) in [5.74, 6) is 0.458. The molecule has 0 spiro atoms. The minimum atomic E-state index is -3.56. The quantitative estimate of drug-likeness (QED) is 0.914. The molecule has 0 radical (unpaired) electrons. The van der Waals surface area contributed by atoms with E-state index in [-0.39, 0.29) is 10.9 Å². The van der Waals surface area contributed by atoms with Gasteiger partial charge in [0, 0.05) is 25.2 Å². The largest absolute Gasteiger partial charge is 0.495 e. The molecule has 1 aromatic carbocycles. The minimum absolute atomic E-state index is 0.0595. The van der Waals surface area contributed by atoms with Crippen molar-refractivity contribution in [3.8, 4) is 5.75 Å².